The molecule has 0 heterocycles. The van der Waals surface area contributed by atoms with Crippen LogP contribution in [0.1, 0.15) is 117 Å². The highest BCUT2D eigenvalue weighted by molar-refractivity contribution is 6.04. The summed E-state index contributed by atoms with van der Waals surface area (Å²) in [4.78, 5) is 43.7. The number of hydrogen-bond donors (Lipinski definition) is 1. The van der Waals surface area contributed by atoms with Crippen LogP contribution in [0, 0.1) is 56.7 Å². The van der Waals surface area contributed by atoms with Crippen LogP contribution in [-0.4, -0.2) is 51.3 Å². The van der Waals surface area contributed by atoms with Gasteiger partial charge in [-0.1, -0.05) is 68.2 Å². The van der Waals surface area contributed by atoms with E-state index in [2.05, 4.69) is 110 Å². The van der Waals surface area contributed by atoms with Gasteiger partial charge in [0.05, 0.1) is 63.1 Å². The molecule has 0 fully saturated rings. The Morgan fingerprint density at radius 2 is 1.00 bits per heavy atom. The molecule has 82 heavy (non-hydrogen) atoms. The van der Waals surface area contributed by atoms with Gasteiger partial charge in [-0.05, 0) is 201 Å². The number of benzene rings is 6. The van der Waals surface area contributed by atoms with Crippen LogP contribution in [0.15, 0.2) is 176 Å². The molecule has 6 rings (SSSR count). The van der Waals surface area contributed by atoms with E-state index in [1.54, 1.807) is 97.1 Å². The van der Waals surface area contributed by atoms with E-state index in [9.17, 15) is 14.4 Å². The van der Waals surface area contributed by atoms with Crippen LogP contribution in [0.4, 0.5) is 45.5 Å². The van der Waals surface area contributed by atoms with Gasteiger partial charge in [0.15, 0.2) is 0 Å². The van der Waals surface area contributed by atoms with Gasteiger partial charge in [0, 0.05) is 29.5 Å². The second-order valence-corrected chi connectivity index (χ2v) is 24.1. The molecule has 6 aromatic carbocycles. The number of esters is 2. The van der Waals surface area contributed by atoms with Crippen molar-refractivity contribution in [3.05, 3.63) is 162 Å². The number of hydrogen-bond acceptors (Lipinski definition) is 14. The Balaban J connectivity index is 0.963. The monoisotopic (exact) mass is 1100 g/mol. The molecular formula is C67H77N9O6. The van der Waals surface area contributed by atoms with Crippen LogP contribution < -0.4 is 15.0 Å². The zero-order valence-electron chi connectivity index (χ0n) is 49.5. The number of azo groups is 3. The lowest BCUT2D eigenvalue weighted by Gasteiger charge is -2.50. The maximum Gasteiger partial charge on any atom is 0.312 e. The van der Waals surface area contributed by atoms with E-state index >= 15 is 0 Å². The lowest BCUT2D eigenvalue weighted by Crippen LogP contribution is -2.49. The maximum atomic E-state index is 14.4. The number of terminal acetylenes is 1. The molecule has 2 unspecified atom stereocenters. The highest BCUT2D eigenvalue weighted by Crippen LogP contribution is 2.55. The fraction of sp³-hybridized carbons (Fsp3) is 0.373. The number of carbonyl (C=O) groups is 3. The summed E-state index contributed by atoms with van der Waals surface area (Å²) in [6, 6.07) is 44.9. The Morgan fingerprint density at radius 1 is 0.561 bits per heavy atom. The minimum Gasteiger partial charge on any atom is -0.490 e. The quantitative estimate of drug-likeness (QED) is 0.0253. The average Bonchev–Trinajstić information content (AvgIpc) is 2.34. The Bertz CT molecular complexity index is 3280. The second kappa shape index (κ2) is 27.6. The largest absolute Gasteiger partial charge is 0.490 e. The van der Waals surface area contributed by atoms with Gasteiger partial charge in [-0.2, -0.15) is 35.9 Å². The number of amides is 1. The fourth-order valence-electron chi connectivity index (χ4n) is 10.1. The summed E-state index contributed by atoms with van der Waals surface area (Å²) in [6.45, 7) is 24.0. The number of likely N-dealkylation sites (N-methyl/N-ethyl adjacent to an activating group) is 1. The van der Waals surface area contributed by atoms with Gasteiger partial charge >= 0.3 is 11.9 Å². The molecule has 0 aromatic heterocycles. The second-order valence-electron chi connectivity index (χ2n) is 24.1. The van der Waals surface area contributed by atoms with Crippen molar-refractivity contribution in [3.63, 3.8) is 0 Å². The molecule has 0 bridgehead atoms. The standard InChI is InChI=1S/C67H77N9O6/c1-14-48-15-21-52(22-16-48)70-72-54-27-25-51(26-28-54)69-60(77)50-19-37-59(38-20-50)80-41-42-82-62(79)67(12,44-63(4,5)6)65(9,10)45-64(7,8)46-66(11,47(2)3)61(78)81-40-39-76(13)58-35-33-57(34-36-58)75-74-56-31-29-55(30-32-56)73-71-53-23-17-49(43-68)18-24-53/h1,15-38,47H,39-42,44-46H2,2-13H3,(H,69,77)/b72-70+,73-71+,75-74+. The molecule has 0 aliphatic rings. The first-order chi connectivity index (χ1) is 38.8. The van der Waals surface area contributed by atoms with Gasteiger partial charge in [0.25, 0.3) is 5.91 Å². The first kappa shape index (κ1) is 62.4. The Kier molecular flexibility index (Phi) is 21.0. The first-order valence-corrected chi connectivity index (χ1v) is 27.5. The molecular weight excluding hydrogens is 1030 g/mol. The minimum absolute atomic E-state index is 0.0247. The van der Waals surface area contributed by atoms with Crippen molar-refractivity contribution in [3.8, 4) is 24.2 Å². The van der Waals surface area contributed by atoms with Crippen molar-refractivity contribution in [2.75, 3.05) is 43.6 Å². The molecule has 0 saturated heterocycles. The van der Waals surface area contributed by atoms with E-state index in [0.717, 1.165) is 11.3 Å². The maximum absolute atomic E-state index is 14.4. The minimum atomic E-state index is -0.894. The molecule has 0 saturated carbocycles. The van der Waals surface area contributed by atoms with Crippen molar-refractivity contribution < 1.29 is 28.6 Å². The number of nitrogens with zero attached hydrogens (tertiary/aromatic N) is 8. The third kappa shape index (κ3) is 17.8. The van der Waals surface area contributed by atoms with Crippen molar-refractivity contribution in [1.82, 2.24) is 0 Å². The summed E-state index contributed by atoms with van der Waals surface area (Å²) in [7, 11) is 1.95. The molecule has 1 amide bonds. The zero-order valence-corrected chi connectivity index (χ0v) is 49.5. The summed E-state index contributed by atoms with van der Waals surface area (Å²) in [5.41, 5.74) is 4.42. The SMILES string of the molecule is C#Cc1ccc(/N=N/c2ccc(NC(=O)c3ccc(OCCOC(=O)C(C)(CC(C)(C)C)C(C)(C)CC(C)(C)CC(C)(C(=O)OCCN(C)c4ccc(/N=N/c5ccc(/N=N/c6ccc(C#N)cc6)cc5)cc4)C(C)C)cc3)cc2)cc1. The first-order valence-electron chi connectivity index (χ1n) is 27.5. The van der Waals surface area contributed by atoms with E-state index in [1.165, 1.54) is 0 Å². The van der Waals surface area contributed by atoms with Crippen LogP contribution in [0.5, 0.6) is 5.75 Å². The number of rotatable bonds is 25. The number of carbonyl (C=O) groups excluding carboxylic acids is 3. The van der Waals surface area contributed by atoms with E-state index in [-0.39, 0.29) is 54.4 Å². The summed E-state index contributed by atoms with van der Waals surface area (Å²) in [6.07, 6.45) is 7.17. The highest BCUT2D eigenvalue weighted by Gasteiger charge is 2.53. The smallest absolute Gasteiger partial charge is 0.312 e. The summed E-state index contributed by atoms with van der Waals surface area (Å²) in [5, 5.41) is 37.6. The van der Waals surface area contributed by atoms with Gasteiger partial charge in [-0.3, -0.25) is 14.4 Å². The third-order valence-corrected chi connectivity index (χ3v) is 14.8. The summed E-state index contributed by atoms with van der Waals surface area (Å²) in [5.74, 6) is 2.24. The number of nitrogens with one attached hydrogen (secondary N) is 1. The number of anilines is 2. The van der Waals surface area contributed by atoms with Crippen LogP contribution in [0.2, 0.25) is 0 Å². The van der Waals surface area contributed by atoms with E-state index in [0.29, 0.717) is 82.5 Å². The van der Waals surface area contributed by atoms with Crippen molar-refractivity contribution in [1.29, 1.82) is 5.26 Å². The predicted molar refractivity (Wildman–Crippen MR) is 324 cm³/mol. The topological polar surface area (TPSA) is 192 Å². The van der Waals surface area contributed by atoms with Crippen molar-refractivity contribution in [2.45, 2.75) is 95.4 Å². The van der Waals surface area contributed by atoms with E-state index in [1.807, 2.05) is 74.3 Å². The molecule has 0 aliphatic carbocycles. The molecule has 426 valence electrons. The lowest BCUT2D eigenvalue weighted by atomic mass is 9.54. The van der Waals surface area contributed by atoms with E-state index < -0.39 is 16.2 Å². The zero-order chi connectivity index (χ0) is 59.7. The molecule has 0 spiro atoms. The van der Waals surface area contributed by atoms with Gasteiger partial charge in [0.1, 0.15) is 25.6 Å². The van der Waals surface area contributed by atoms with Crippen molar-refractivity contribution >= 4 is 63.3 Å². The molecule has 1 N–H and O–H groups in total. The number of ether oxygens (including phenoxy) is 3. The average molecular weight is 1100 g/mol. The molecule has 0 radical (unpaired) electrons. The Labute approximate surface area is 484 Å². The Morgan fingerprint density at radius 3 is 1.45 bits per heavy atom. The molecule has 15 heteroatoms. The van der Waals surface area contributed by atoms with Crippen LogP contribution in [0.3, 0.4) is 0 Å². The normalized spacial score (nSPS) is 13.5. The number of nitriles is 1. The molecule has 6 aromatic rings. The predicted octanol–water partition coefficient (Wildman–Crippen LogP) is 17.6. The van der Waals surface area contributed by atoms with Gasteiger partial charge in [0.2, 0.25) is 0 Å². The van der Waals surface area contributed by atoms with Gasteiger partial charge in [-0.25, -0.2) is 0 Å². The third-order valence-electron chi connectivity index (χ3n) is 14.8. The van der Waals surface area contributed by atoms with Crippen LogP contribution in [0.25, 0.3) is 0 Å². The molecule has 15 nitrogen and oxygen atoms in total. The highest BCUT2D eigenvalue weighted by atomic mass is 16.6. The molecule has 0 aliphatic heterocycles. The molecule has 2 atom stereocenters. The summed E-state index contributed by atoms with van der Waals surface area (Å²) < 4.78 is 18.1. The fourth-order valence-corrected chi connectivity index (χ4v) is 10.1. The van der Waals surface area contributed by atoms with Gasteiger partial charge in [-0.15, -0.1) is 6.42 Å². The van der Waals surface area contributed by atoms with Crippen molar-refractivity contribution in [2.24, 2.45) is 63.7 Å². The van der Waals surface area contributed by atoms with Crippen LogP contribution in [-0.2, 0) is 19.1 Å². The van der Waals surface area contributed by atoms with Gasteiger partial charge < -0.3 is 24.4 Å². The van der Waals surface area contributed by atoms with Crippen LogP contribution >= 0.6 is 0 Å². The lowest BCUT2D eigenvalue weighted by molar-refractivity contribution is -0.170. The van der Waals surface area contributed by atoms with E-state index in [4.69, 9.17) is 25.9 Å². The Hall–Kier alpha value is -8.82. The summed E-state index contributed by atoms with van der Waals surface area (Å²) >= 11 is 0.